The van der Waals surface area contributed by atoms with Gasteiger partial charge < -0.3 is 4.57 Å². The van der Waals surface area contributed by atoms with Crippen LogP contribution in [-0.2, 0) is 5.41 Å². The van der Waals surface area contributed by atoms with Crippen LogP contribution in [0.5, 0.6) is 0 Å². The summed E-state index contributed by atoms with van der Waals surface area (Å²) in [7, 11) is 0. The monoisotopic (exact) mass is 486 g/mol. The van der Waals surface area contributed by atoms with Gasteiger partial charge in [0.1, 0.15) is 0 Å². The third-order valence-corrected chi connectivity index (χ3v) is 8.47. The summed E-state index contributed by atoms with van der Waals surface area (Å²) < 4.78 is 2.36. The molecule has 180 valence electrons. The smallest absolute Gasteiger partial charge is 0.0645 e. The molecule has 1 aliphatic rings. The second-order valence-electron chi connectivity index (χ2n) is 10.9. The summed E-state index contributed by atoms with van der Waals surface area (Å²) in [5.41, 5.74) is 11.4. The molecule has 2 heterocycles. The molecule has 2 aromatic heterocycles. The summed E-state index contributed by atoms with van der Waals surface area (Å²) in [5, 5.41) is 5.13. The van der Waals surface area contributed by atoms with Gasteiger partial charge in [-0.25, -0.2) is 0 Å². The lowest BCUT2D eigenvalue weighted by atomic mass is 9.81. The number of nitrogens with zero attached hydrogens (tertiary/aromatic N) is 2. The highest BCUT2D eigenvalue weighted by Crippen LogP contribution is 2.52. The van der Waals surface area contributed by atoms with Crippen molar-refractivity contribution in [1.82, 2.24) is 9.55 Å². The predicted octanol–water partition coefficient (Wildman–Crippen LogP) is 9.31. The first kappa shape index (κ1) is 21.4. The molecule has 2 heteroatoms. The van der Waals surface area contributed by atoms with Gasteiger partial charge in [0.25, 0.3) is 0 Å². The Morgan fingerprint density at radius 2 is 1.37 bits per heavy atom. The van der Waals surface area contributed by atoms with Crippen molar-refractivity contribution < 1.29 is 0 Å². The maximum absolute atomic E-state index is 4.43. The van der Waals surface area contributed by atoms with E-state index in [2.05, 4.69) is 127 Å². The fraction of sp³-hybridized carbons (Fsp3) is 0.0833. The van der Waals surface area contributed by atoms with E-state index in [0.717, 1.165) is 5.69 Å². The van der Waals surface area contributed by atoms with Crippen LogP contribution in [0.25, 0.3) is 60.5 Å². The van der Waals surface area contributed by atoms with Crippen molar-refractivity contribution >= 4 is 32.6 Å². The summed E-state index contributed by atoms with van der Waals surface area (Å²) in [5.74, 6) is 0. The molecule has 1 aliphatic carbocycles. The van der Waals surface area contributed by atoms with Gasteiger partial charge in [0.15, 0.2) is 0 Å². The third-order valence-electron chi connectivity index (χ3n) is 8.47. The summed E-state index contributed by atoms with van der Waals surface area (Å²) >= 11 is 0. The molecule has 7 aromatic rings. The highest BCUT2D eigenvalue weighted by atomic mass is 15.0. The number of fused-ring (bicyclic) bond motifs is 7. The van der Waals surface area contributed by atoms with Crippen LogP contribution in [-0.4, -0.2) is 9.55 Å². The number of aromatic nitrogens is 2. The Labute approximate surface area is 221 Å². The van der Waals surface area contributed by atoms with Crippen LogP contribution in [0.1, 0.15) is 25.0 Å². The standard InChI is InChI=1S/C36H26N2/c1-36(2)32-19-24(27-14-7-10-23-9-3-4-12-26(23)27)16-17-28(32)30-20-31-29-13-5-6-15-34(29)38(35(31)21-33(30)36)25-11-8-18-37-22-25/h3-22H,1-2H3. The molecule has 0 saturated carbocycles. The molecule has 8 rings (SSSR count). The Kier molecular flexibility index (Phi) is 4.31. The molecular weight excluding hydrogens is 460 g/mol. The first-order valence-electron chi connectivity index (χ1n) is 13.2. The van der Waals surface area contributed by atoms with Gasteiger partial charge in [-0.2, -0.15) is 0 Å². The van der Waals surface area contributed by atoms with Gasteiger partial charge in [0.05, 0.1) is 22.9 Å². The molecule has 0 fully saturated rings. The zero-order valence-corrected chi connectivity index (χ0v) is 21.4. The number of rotatable bonds is 2. The van der Waals surface area contributed by atoms with Crippen LogP contribution < -0.4 is 0 Å². The summed E-state index contributed by atoms with van der Waals surface area (Å²) in [6.07, 6.45) is 3.79. The van der Waals surface area contributed by atoms with Crippen molar-refractivity contribution in [3.8, 4) is 27.9 Å². The summed E-state index contributed by atoms with van der Waals surface area (Å²) in [4.78, 5) is 4.43. The lowest BCUT2D eigenvalue weighted by Crippen LogP contribution is -2.15. The summed E-state index contributed by atoms with van der Waals surface area (Å²) in [6, 6.07) is 40.0. The van der Waals surface area contributed by atoms with Gasteiger partial charge in [0.2, 0.25) is 0 Å². The van der Waals surface area contributed by atoms with E-state index >= 15 is 0 Å². The zero-order valence-electron chi connectivity index (χ0n) is 21.4. The Morgan fingerprint density at radius 3 is 2.24 bits per heavy atom. The first-order valence-corrected chi connectivity index (χ1v) is 13.2. The normalized spacial score (nSPS) is 13.7. The molecular formula is C36H26N2. The fourth-order valence-corrected chi connectivity index (χ4v) is 6.61. The highest BCUT2D eigenvalue weighted by molar-refractivity contribution is 6.11. The maximum Gasteiger partial charge on any atom is 0.0645 e. The molecule has 0 aliphatic heterocycles. The van der Waals surface area contributed by atoms with E-state index in [0.29, 0.717) is 0 Å². The second-order valence-corrected chi connectivity index (χ2v) is 10.9. The Balaban J connectivity index is 1.39. The van der Waals surface area contributed by atoms with Gasteiger partial charge in [-0.05, 0) is 80.6 Å². The van der Waals surface area contributed by atoms with E-state index in [-0.39, 0.29) is 5.41 Å². The molecule has 0 atom stereocenters. The first-order chi connectivity index (χ1) is 18.6. The van der Waals surface area contributed by atoms with E-state index in [4.69, 9.17) is 0 Å². The minimum absolute atomic E-state index is 0.115. The van der Waals surface area contributed by atoms with Crippen LogP contribution in [0.2, 0.25) is 0 Å². The highest BCUT2D eigenvalue weighted by Gasteiger charge is 2.36. The maximum atomic E-state index is 4.43. The SMILES string of the molecule is CC1(C)c2cc(-c3cccc4ccccc34)ccc2-c2cc3c4ccccc4n(-c4cccnc4)c3cc21. The van der Waals surface area contributed by atoms with Crippen molar-refractivity contribution in [2.45, 2.75) is 19.3 Å². The van der Waals surface area contributed by atoms with Crippen LogP contribution in [0.3, 0.4) is 0 Å². The van der Waals surface area contributed by atoms with Gasteiger partial charge in [0, 0.05) is 22.4 Å². The molecule has 0 radical (unpaired) electrons. The van der Waals surface area contributed by atoms with E-state index < -0.39 is 0 Å². The summed E-state index contributed by atoms with van der Waals surface area (Å²) in [6.45, 7) is 4.74. The minimum atomic E-state index is -0.115. The Morgan fingerprint density at radius 1 is 0.579 bits per heavy atom. The molecule has 0 N–H and O–H groups in total. The lowest BCUT2D eigenvalue weighted by molar-refractivity contribution is 0.661. The number of para-hydroxylation sites is 1. The lowest BCUT2D eigenvalue weighted by Gasteiger charge is -2.22. The Bertz CT molecular complexity index is 2040. The van der Waals surface area contributed by atoms with Gasteiger partial charge in [-0.3, -0.25) is 4.98 Å². The molecule has 0 bridgehead atoms. The van der Waals surface area contributed by atoms with Gasteiger partial charge in [-0.1, -0.05) is 86.6 Å². The van der Waals surface area contributed by atoms with E-state index in [1.807, 2.05) is 18.5 Å². The van der Waals surface area contributed by atoms with Crippen molar-refractivity contribution in [1.29, 1.82) is 0 Å². The van der Waals surface area contributed by atoms with Crippen LogP contribution in [0.15, 0.2) is 122 Å². The van der Waals surface area contributed by atoms with Crippen LogP contribution in [0.4, 0.5) is 0 Å². The van der Waals surface area contributed by atoms with Crippen molar-refractivity contribution in [2.24, 2.45) is 0 Å². The number of hydrogen-bond acceptors (Lipinski definition) is 1. The molecule has 0 amide bonds. The topological polar surface area (TPSA) is 17.8 Å². The van der Waals surface area contributed by atoms with E-state index in [1.54, 1.807) is 0 Å². The second kappa shape index (κ2) is 7.66. The quantitative estimate of drug-likeness (QED) is 0.238. The predicted molar refractivity (Wildman–Crippen MR) is 159 cm³/mol. The third kappa shape index (κ3) is 2.86. The number of benzene rings is 5. The van der Waals surface area contributed by atoms with Gasteiger partial charge in [-0.15, -0.1) is 0 Å². The van der Waals surface area contributed by atoms with Crippen LogP contribution >= 0.6 is 0 Å². The molecule has 38 heavy (non-hydrogen) atoms. The fourth-order valence-electron chi connectivity index (χ4n) is 6.61. The molecule has 0 saturated heterocycles. The van der Waals surface area contributed by atoms with Crippen LogP contribution in [0, 0.1) is 0 Å². The largest absolute Gasteiger partial charge is 0.308 e. The molecule has 5 aromatic carbocycles. The van der Waals surface area contributed by atoms with Crippen molar-refractivity contribution in [3.05, 3.63) is 133 Å². The molecule has 0 unspecified atom stereocenters. The number of hydrogen-bond donors (Lipinski definition) is 0. The number of pyridine rings is 1. The average Bonchev–Trinajstić information content (AvgIpc) is 3.40. The van der Waals surface area contributed by atoms with Crippen molar-refractivity contribution in [3.63, 3.8) is 0 Å². The molecule has 2 nitrogen and oxygen atoms in total. The van der Waals surface area contributed by atoms with Gasteiger partial charge >= 0.3 is 0 Å². The Hall–Kier alpha value is -4.69. The van der Waals surface area contributed by atoms with E-state index in [1.165, 1.54) is 66.0 Å². The average molecular weight is 487 g/mol. The molecule has 0 spiro atoms. The van der Waals surface area contributed by atoms with E-state index in [9.17, 15) is 0 Å². The van der Waals surface area contributed by atoms with Crippen molar-refractivity contribution in [2.75, 3.05) is 0 Å². The minimum Gasteiger partial charge on any atom is -0.308 e. The zero-order chi connectivity index (χ0) is 25.4.